The molecule has 0 radical (unpaired) electrons. The van der Waals surface area contributed by atoms with Gasteiger partial charge in [0.05, 0.1) is 18.6 Å². The minimum Gasteiger partial charge on any atom is -0.481 e. The number of carboxylic acids is 1. The summed E-state index contributed by atoms with van der Waals surface area (Å²) < 4.78 is 5.20. The zero-order valence-corrected chi connectivity index (χ0v) is 13.8. The van der Waals surface area contributed by atoms with Crippen molar-refractivity contribution in [3.63, 3.8) is 0 Å². The zero-order chi connectivity index (χ0) is 16.8. The molecule has 1 saturated carbocycles. The molecule has 1 aliphatic carbocycles. The number of hydrogen-bond donors (Lipinski definition) is 3. The number of rotatable bonds is 6. The molecule has 1 aliphatic rings. The minimum atomic E-state index is -1.10. The molecule has 2 atom stereocenters. The van der Waals surface area contributed by atoms with Gasteiger partial charge in [0, 0.05) is 0 Å². The Morgan fingerprint density at radius 2 is 1.82 bits per heavy atom. The van der Waals surface area contributed by atoms with Crippen LogP contribution in [0.5, 0.6) is 0 Å². The molecular formula is C16H29NO5. The third-order valence-electron chi connectivity index (χ3n) is 3.86. The molecule has 0 aliphatic heterocycles. The molecule has 22 heavy (non-hydrogen) atoms. The minimum absolute atomic E-state index is 0.382. The molecule has 0 spiro atoms. The molecule has 0 saturated heterocycles. The molecule has 1 amide bonds. The van der Waals surface area contributed by atoms with E-state index in [2.05, 4.69) is 5.32 Å². The van der Waals surface area contributed by atoms with Gasteiger partial charge >= 0.3 is 12.1 Å². The Hall–Kier alpha value is -1.30. The number of aliphatic hydroxyl groups is 1. The van der Waals surface area contributed by atoms with Crippen molar-refractivity contribution in [3.05, 3.63) is 0 Å². The summed E-state index contributed by atoms with van der Waals surface area (Å²) in [5, 5.41) is 21.6. The Labute approximate surface area is 132 Å². The van der Waals surface area contributed by atoms with Gasteiger partial charge in [-0.2, -0.15) is 0 Å². The largest absolute Gasteiger partial charge is 0.481 e. The lowest BCUT2D eigenvalue weighted by molar-refractivity contribution is -0.139. The first-order valence-corrected chi connectivity index (χ1v) is 8.07. The predicted molar refractivity (Wildman–Crippen MR) is 82.6 cm³/mol. The summed E-state index contributed by atoms with van der Waals surface area (Å²) in [5.74, 6) is -0.663. The Bertz CT molecular complexity index is 371. The Balaban J connectivity index is 2.63. The maximum atomic E-state index is 11.9. The summed E-state index contributed by atoms with van der Waals surface area (Å²) in [7, 11) is 0. The van der Waals surface area contributed by atoms with E-state index in [-0.39, 0.29) is 6.42 Å². The summed E-state index contributed by atoms with van der Waals surface area (Å²) in [6.07, 6.45) is 4.14. The van der Waals surface area contributed by atoms with Crippen LogP contribution in [0.1, 0.15) is 65.7 Å². The van der Waals surface area contributed by atoms with E-state index in [0.717, 1.165) is 25.7 Å². The van der Waals surface area contributed by atoms with Crippen molar-refractivity contribution >= 4 is 12.1 Å². The van der Waals surface area contributed by atoms with Gasteiger partial charge in [0.1, 0.15) is 5.60 Å². The van der Waals surface area contributed by atoms with Crippen molar-refractivity contribution in [2.24, 2.45) is 5.92 Å². The number of alkyl carbamates (subject to hydrolysis) is 1. The van der Waals surface area contributed by atoms with Crippen molar-refractivity contribution in [2.75, 3.05) is 0 Å². The third kappa shape index (κ3) is 7.64. The standard InChI is InChI=1S/C16H29NO5/c1-16(2,3)22-15(21)17-12(13(18)10-14(19)20)9-11-7-5-4-6-8-11/h11-13,18H,4-10H2,1-3H3,(H,17,21)(H,19,20). The summed E-state index contributed by atoms with van der Waals surface area (Å²) in [6.45, 7) is 5.28. The van der Waals surface area contributed by atoms with Crippen LogP contribution < -0.4 is 5.32 Å². The van der Waals surface area contributed by atoms with E-state index in [4.69, 9.17) is 9.84 Å². The second-order valence-electron chi connectivity index (χ2n) is 7.16. The average molecular weight is 315 g/mol. The molecule has 1 fully saturated rings. The fourth-order valence-corrected chi connectivity index (χ4v) is 2.87. The van der Waals surface area contributed by atoms with Crippen LogP contribution >= 0.6 is 0 Å². The number of nitrogens with one attached hydrogen (secondary N) is 1. The van der Waals surface area contributed by atoms with Crippen LogP contribution in [-0.4, -0.2) is 40.0 Å². The van der Waals surface area contributed by atoms with Crippen LogP contribution in [0.25, 0.3) is 0 Å². The van der Waals surface area contributed by atoms with E-state index in [1.807, 2.05) is 0 Å². The number of amides is 1. The summed E-state index contributed by atoms with van der Waals surface area (Å²) >= 11 is 0. The second kappa shape index (κ2) is 8.36. The van der Waals surface area contributed by atoms with Crippen LogP contribution in [0, 0.1) is 5.92 Å². The van der Waals surface area contributed by atoms with Crippen LogP contribution in [0.2, 0.25) is 0 Å². The average Bonchev–Trinajstić information content (AvgIpc) is 2.36. The van der Waals surface area contributed by atoms with Gasteiger partial charge in [-0.25, -0.2) is 4.79 Å². The number of aliphatic carboxylic acids is 1. The topological polar surface area (TPSA) is 95.9 Å². The number of carbonyl (C=O) groups excluding carboxylic acids is 1. The summed E-state index contributed by atoms with van der Waals surface area (Å²) in [4.78, 5) is 22.7. The number of carboxylic acid groups (broad SMARTS) is 1. The fourth-order valence-electron chi connectivity index (χ4n) is 2.87. The van der Waals surface area contributed by atoms with Crippen molar-refractivity contribution in [3.8, 4) is 0 Å². The van der Waals surface area contributed by atoms with Crippen LogP contribution in [-0.2, 0) is 9.53 Å². The van der Waals surface area contributed by atoms with E-state index in [1.165, 1.54) is 6.42 Å². The van der Waals surface area contributed by atoms with Crippen molar-refractivity contribution in [2.45, 2.75) is 83.5 Å². The monoisotopic (exact) mass is 315 g/mol. The summed E-state index contributed by atoms with van der Waals surface area (Å²) in [5.41, 5.74) is -0.628. The molecule has 0 bridgehead atoms. The lowest BCUT2D eigenvalue weighted by atomic mass is 9.83. The number of hydrogen-bond acceptors (Lipinski definition) is 4. The lowest BCUT2D eigenvalue weighted by Gasteiger charge is -2.30. The van der Waals surface area contributed by atoms with Crippen LogP contribution in [0.4, 0.5) is 4.79 Å². The highest BCUT2D eigenvalue weighted by Crippen LogP contribution is 2.28. The number of carbonyl (C=O) groups is 2. The maximum Gasteiger partial charge on any atom is 0.407 e. The van der Waals surface area contributed by atoms with Crippen molar-refractivity contribution < 1.29 is 24.5 Å². The Kier molecular flexibility index (Phi) is 7.13. The van der Waals surface area contributed by atoms with Gasteiger partial charge in [0.2, 0.25) is 0 Å². The first kappa shape index (κ1) is 18.7. The molecule has 0 aromatic rings. The molecule has 3 N–H and O–H groups in total. The van der Waals surface area contributed by atoms with E-state index in [0.29, 0.717) is 12.3 Å². The van der Waals surface area contributed by atoms with E-state index < -0.39 is 29.8 Å². The Morgan fingerprint density at radius 1 is 1.23 bits per heavy atom. The van der Waals surface area contributed by atoms with Gasteiger partial charge in [-0.15, -0.1) is 0 Å². The lowest BCUT2D eigenvalue weighted by Crippen LogP contribution is -2.47. The molecule has 6 nitrogen and oxygen atoms in total. The quantitative estimate of drug-likeness (QED) is 0.700. The first-order valence-electron chi connectivity index (χ1n) is 8.07. The smallest absolute Gasteiger partial charge is 0.407 e. The molecule has 0 aromatic carbocycles. The van der Waals surface area contributed by atoms with Crippen molar-refractivity contribution in [1.82, 2.24) is 5.32 Å². The Morgan fingerprint density at radius 3 is 2.32 bits per heavy atom. The van der Waals surface area contributed by atoms with Gasteiger partial charge < -0.3 is 20.3 Å². The molecule has 128 valence electrons. The first-order chi connectivity index (χ1) is 10.2. The second-order valence-corrected chi connectivity index (χ2v) is 7.16. The highest BCUT2D eigenvalue weighted by molar-refractivity contribution is 5.69. The van der Waals surface area contributed by atoms with Gasteiger partial charge in [-0.05, 0) is 33.1 Å². The van der Waals surface area contributed by atoms with Gasteiger partial charge in [0.25, 0.3) is 0 Å². The van der Waals surface area contributed by atoms with Crippen LogP contribution in [0.3, 0.4) is 0 Å². The highest BCUT2D eigenvalue weighted by Gasteiger charge is 2.29. The molecule has 1 rings (SSSR count). The number of aliphatic hydroxyl groups excluding tert-OH is 1. The molecular weight excluding hydrogens is 286 g/mol. The van der Waals surface area contributed by atoms with E-state index >= 15 is 0 Å². The maximum absolute atomic E-state index is 11.9. The van der Waals surface area contributed by atoms with E-state index in [1.54, 1.807) is 20.8 Å². The SMILES string of the molecule is CC(C)(C)OC(=O)NC(CC1CCCCC1)C(O)CC(=O)O. The van der Waals surface area contributed by atoms with E-state index in [9.17, 15) is 14.7 Å². The highest BCUT2D eigenvalue weighted by atomic mass is 16.6. The van der Waals surface area contributed by atoms with Crippen molar-refractivity contribution in [1.29, 1.82) is 0 Å². The fraction of sp³-hybridized carbons (Fsp3) is 0.875. The number of ether oxygens (including phenoxy) is 1. The summed E-state index contributed by atoms with van der Waals surface area (Å²) in [6, 6.07) is -0.589. The molecule has 0 aromatic heterocycles. The van der Waals surface area contributed by atoms with Gasteiger partial charge in [-0.1, -0.05) is 32.1 Å². The van der Waals surface area contributed by atoms with Crippen LogP contribution in [0.15, 0.2) is 0 Å². The molecule has 6 heteroatoms. The van der Waals surface area contributed by atoms with Gasteiger partial charge in [-0.3, -0.25) is 4.79 Å². The molecule has 0 heterocycles. The zero-order valence-electron chi connectivity index (χ0n) is 13.8. The normalized spacial score (nSPS) is 19.3. The van der Waals surface area contributed by atoms with Gasteiger partial charge in [0.15, 0.2) is 0 Å². The molecule has 2 unspecified atom stereocenters. The predicted octanol–water partition coefficient (Wildman–Crippen LogP) is 2.69. The third-order valence-corrected chi connectivity index (χ3v) is 3.86.